The van der Waals surface area contributed by atoms with Crippen LogP contribution in [-0.4, -0.2) is 21.7 Å². The minimum atomic E-state index is -0.428. The standard InChI is InChI=1S/C19H18N4O2/c1-3-17-14(2)20-23(19(25)16-12-8-5-9-13-16)22(17)21-18(24)15-10-6-4-7-11-15/h4-13H,3H2,1-2H3. The molecule has 0 amide bonds. The lowest BCUT2D eigenvalue weighted by Crippen LogP contribution is -2.47. The highest BCUT2D eigenvalue weighted by Crippen LogP contribution is 2.05. The lowest BCUT2D eigenvalue weighted by Gasteiger charge is -2.08. The maximum atomic E-state index is 12.8. The summed E-state index contributed by atoms with van der Waals surface area (Å²) in [5.74, 6) is -0.768. The van der Waals surface area contributed by atoms with E-state index in [1.54, 1.807) is 55.5 Å². The van der Waals surface area contributed by atoms with Gasteiger partial charge in [0, 0.05) is 24.8 Å². The minimum Gasteiger partial charge on any atom is -0.856 e. The number of aryl methyl sites for hydroxylation is 1. The smallest absolute Gasteiger partial charge is 0.339 e. The van der Waals surface area contributed by atoms with Gasteiger partial charge in [-0.15, -0.1) is 0 Å². The first-order valence-electron chi connectivity index (χ1n) is 8.03. The van der Waals surface area contributed by atoms with Crippen LogP contribution in [0, 0.1) is 6.92 Å². The molecular weight excluding hydrogens is 316 g/mol. The largest absolute Gasteiger partial charge is 0.856 e. The van der Waals surface area contributed by atoms with Gasteiger partial charge in [-0.05, 0) is 22.5 Å². The third-order valence-corrected chi connectivity index (χ3v) is 3.83. The monoisotopic (exact) mass is 334 g/mol. The van der Waals surface area contributed by atoms with Crippen LogP contribution >= 0.6 is 0 Å². The Morgan fingerprint density at radius 3 is 2.20 bits per heavy atom. The van der Waals surface area contributed by atoms with Crippen molar-refractivity contribution >= 4 is 11.8 Å². The van der Waals surface area contributed by atoms with Gasteiger partial charge < -0.3 is 5.11 Å². The van der Waals surface area contributed by atoms with Crippen LogP contribution in [0.5, 0.6) is 0 Å². The van der Waals surface area contributed by atoms with Crippen molar-refractivity contribution in [3.63, 3.8) is 0 Å². The zero-order valence-electron chi connectivity index (χ0n) is 14.1. The SMILES string of the molecule is CCc1c(C)nn(C(=O)c2ccccc2)[n+]1N=C([O-])c1ccccc1. The van der Waals surface area contributed by atoms with Gasteiger partial charge in [0.15, 0.2) is 0 Å². The summed E-state index contributed by atoms with van der Waals surface area (Å²) in [5, 5.41) is 20.9. The number of hydrogen-bond acceptors (Lipinski definition) is 4. The van der Waals surface area contributed by atoms with Gasteiger partial charge in [0.1, 0.15) is 0 Å². The fraction of sp³-hybridized carbons (Fsp3) is 0.158. The third-order valence-electron chi connectivity index (χ3n) is 3.83. The molecule has 1 heterocycles. The molecule has 0 radical (unpaired) electrons. The first-order chi connectivity index (χ1) is 12.1. The second-order valence-corrected chi connectivity index (χ2v) is 5.51. The summed E-state index contributed by atoms with van der Waals surface area (Å²) in [5.41, 5.74) is 2.31. The molecule has 3 aromatic rings. The summed E-state index contributed by atoms with van der Waals surface area (Å²) in [6.07, 6.45) is 0.597. The number of aromatic nitrogens is 3. The van der Waals surface area contributed by atoms with Crippen molar-refractivity contribution in [1.82, 2.24) is 9.90 Å². The van der Waals surface area contributed by atoms with Gasteiger partial charge in [0.05, 0.1) is 9.90 Å². The van der Waals surface area contributed by atoms with Crippen molar-refractivity contribution in [3.8, 4) is 0 Å². The zero-order valence-corrected chi connectivity index (χ0v) is 14.1. The molecule has 0 aliphatic rings. The van der Waals surface area contributed by atoms with E-state index >= 15 is 0 Å². The summed E-state index contributed by atoms with van der Waals surface area (Å²) < 4.78 is 0. The van der Waals surface area contributed by atoms with Crippen molar-refractivity contribution in [2.45, 2.75) is 20.3 Å². The fourth-order valence-corrected chi connectivity index (χ4v) is 2.55. The second kappa shape index (κ2) is 7.09. The maximum Gasteiger partial charge on any atom is 0.339 e. The molecule has 0 N–H and O–H groups in total. The van der Waals surface area contributed by atoms with Crippen LogP contribution in [0.1, 0.15) is 34.2 Å². The average Bonchev–Trinajstić information content (AvgIpc) is 2.97. The van der Waals surface area contributed by atoms with Crippen LogP contribution in [0.3, 0.4) is 0 Å². The Labute approximate surface area is 145 Å². The van der Waals surface area contributed by atoms with Crippen molar-refractivity contribution < 1.29 is 14.7 Å². The first kappa shape index (κ1) is 16.6. The Morgan fingerprint density at radius 2 is 1.64 bits per heavy atom. The Kier molecular flexibility index (Phi) is 4.70. The lowest BCUT2D eigenvalue weighted by molar-refractivity contribution is -0.760. The number of hydrogen-bond donors (Lipinski definition) is 0. The van der Waals surface area contributed by atoms with E-state index in [4.69, 9.17) is 0 Å². The topological polar surface area (TPSA) is 74.2 Å². The highest BCUT2D eigenvalue weighted by molar-refractivity contribution is 5.94. The number of rotatable bonds is 4. The Hall–Kier alpha value is -3.28. The van der Waals surface area contributed by atoms with Crippen molar-refractivity contribution in [2.24, 2.45) is 5.10 Å². The Morgan fingerprint density at radius 1 is 1.08 bits per heavy atom. The second-order valence-electron chi connectivity index (χ2n) is 5.51. The molecule has 0 atom stereocenters. The summed E-state index contributed by atoms with van der Waals surface area (Å²) in [6.45, 7) is 3.73. The predicted octanol–water partition coefficient (Wildman–Crippen LogP) is 1.30. The van der Waals surface area contributed by atoms with Gasteiger partial charge in [-0.3, -0.25) is 4.79 Å². The highest BCUT2D eigenvalue weighted by Gasteiger charge is 2.27. The first-order valence-corrected chi connectivity index (χ1v) is 8.03. The van der Waals surface area contributed by atoms with Gasteiger partial charge in [-0.1, -0.05) is 60.6 Å². The molecule has 0 unspecified atom stereocenters. The van der Waals surface area contributed by atoms with Gasteiger partial charge in [0.2, 0.25) is 11.4 Å². The number of carbonyl (C=O) groups is 1. The predicted molar refractivity (Wildman–Crippen MR) is 91.1 cm³/mol. The summed E-state index contributed by atoms with van der Waals surface area (Å²) in [7, 11) is 0. The van der Waals surface area contributed by atoms with Crippen molar-refractivity contribution in [2.75, 3.05) is 0 Å². The molecule has 0 bridgehead atoms. The molecule has 0 spiro atoms. The van der Waals surface area contributed by atoms with Crippen molar-refractivity contribution in [3.05, 3.63) is 83.2 Å². The summed E-state index contributed by atoms with van der Waals surface area (Å²) >= 11 is 0. The van der Waals surface area contributed by atoms with Crippen molar-refractivity contribution in [1.29, 1.82) is 0 Å². The lowest BCUT2D eigenvalue weighted by atomic mass is 10.2. The molecule has 3 rings (SSSR count). The van der Waals surface area contributed by atoms with E-state index in [-0.39, 0.29) is 5.91 Å². The Bertz CT molecular complexity index is 915. The zero-order chi connectivity index (χ0) is 17.8. The third kappa shape index (κ3) is 3.33. The molecule has 0 aliphatic carbocycles. The summed E-state index contributed by atoms with van der Waals surface area (Å²) in [6, 6.07) is 17.5. The quantitative estimate of drug-likeness (QED) is 0.410. The van der Waals surface area contributed by atoms with E-state index in [1.807, 2.05) is 19.1 Å². The maximum absolute atomic E-state index is 12.8. The normalized spacial score (nSPS) is 11.5. The van der Waals surface area contributed by atoms with Gasteiger partial charge in [0.25, 0.3) is 0 Å². The van der Waals surface area contributed by atoms with Gasteiger partial charge >= 0.3 is 5.91 Å². The minimum absolute atomic E-state index is 0.340. The van der Waals surface area contributed by atoms with E-state index in [1.165, 1.54) is 4.79 Å². The molecule has 6 heteroatoms. The average molecular weight is 334 g/mol. The fourth-order valence-electron chi connectivity index (χ4n) is 2.55. The number of nitrogens with zero attached hydrogens (tertiary/aromatic N) is 4. The van der Waals surface area contributed by atoms with E-state index < -0.39 is 5.90 Å². The molecule has 2 aromatic carbocycles. The molecule has 25 heavy (non-hydrogen) atoms. The van der Waals surface area contributed by atoms with E-state index in [0.717, 1.165) is 4.80 Å². The molecule has 0 aliphatic heterocycles. The molecule has 0 saturated carbocycles. The Balaban J connectivity index is 2.11. The number of carbonyl (C=O) groups excluding carboxylic acids is 1. The van der Waals surface area contributed by atoms with Crippen LogP contribution in [0.4, 0.5) is 0 Å². The number of benzene rings is 2. The molecule has 1 aromatic heterocycles. The summed E-state index contributed by atoms with van der Waals surface area (Å²) in [4.78, 5) is 15.2. The molecule has 6 nitrogen and oxygen atoms in total. The highest BCUT2D eigenvalue weighted by atomic mass is 16.3. The molecule has 126 valence electrons. The molecule has 0 saturated heterocycles. The van der Waals surface area contributed by atoms with E-state index in [0.29, 0.717) is 28.9 Å². The van der Waals surface area contributed by atoms with Crippen LogP contribution in [0.25, 0.3) is 0 Å². The van der Waals surface area contributed by atoms with Gasteiger partial charge in [-0.25, -0.2) is 0 Å². The van der Waals surface area contributed by atoms with Crippen LogP contribution in [0.15, 0.2) is 65.8 Å². The van der Waals surface area contributed by atoms with Crippen LogP contribution in [-0.2, 0) is 6.42 Å². The van der Waals surface area contributed by atoms with Crippen LogP contribution in [0.2, 0.25) is 0 Å². The molecule has 0 fully saturated rings. The van der Waals surface area contributed by atoms with E-state index in [9.17, 15) is 9.90 Å². The van der Waals surface area contributed by atoms with E-state index in [2.05, 4.69) is 10.2 Å². The van der Waals surface area contributed by atoms with Gasteiger partial charge in [-0.2, -0.15) is 0 Å². The molecular formula is C19H18N4O2. The van der Waals surface area contributed by atoms with Crippen LogP contribution < -0.4 is 9.90 Å².